The summed E-state index contributed by atoms with van der Waals surface area (Å²) in [6.07, 6.45) is 27.7. The Morgan fingerprint density at radius 3 is 1.30 bits per heavy atom. The van der Waals surface area contributed by atoms with Crippen molar-refractivity contribution in [1.29, 1.82) is 0 Å². The zero-order valence-corrected chi connectivity index (χ0v) is 23.4. The predicted octanol–water partition coefficient (Wildman–Crippen LogP) is 10.5. The molecular formula is C31H58ClN. The van der Waals surface area contributed by atoms with Gasteiger partial charge < -0.3 is 5.73 Å². The molecule has 0 fully saturated rings. The van der Waals surface area contributed by atoms with E-state index in [1.54, 1.807) is 0 Å². The van der Waals surface area contributed by atoms with Gasteiger partial charge in [-0.15, -0.1) is 12.4 Å². The summed E-state index contributed by atoms with van der Waals surface area (Å²) in [5.41, 5.74) is 8.36. The van der Waals surface area contributed by atoms with Gasteiger partial charge in [-0.3, -0.25) is 0 Å². The van der Waals surface area contributed by atoms with Gasteiger partial charge in [-0.05, 0) is 24.8 Å². The van der Waals surface area contributed by atoms with Crippen LogP contribution >= 0.6 is 12.4 Å². The van der Waals surface area contributed by atoms with Crippen LogP contribution in [-0.2, 0) is 5.41 Å². The molecule has 0 aliphatic carbocycles. The van der Waals surface area contributed by atoms with Crippen LogP contribution in [0.1, 0.15) is 155 Å². The molecule has 1 unspecified atom stereocenters. The summed E-state index contributed by atoms with van der Waals surface area (Å²) in [6, 6.07) is 11.3. The predicted molar refractivity (Wildman–Crippen MR) is 153 cm³/mol. The molecule has 0 aliphatic rings. The van der Waals surface area contributed by atoms with E-state index in [-0.39, 0.29) is 23.9 Å². The van der Waals surface area contributed by atoms with Gasteiger partial charge >= 0.3 is 0 Å². The minimum atomic E-state index is 0. The topological polar surface area (TPSA) is 26.0 Å². The van der Waals surface area contributed by atoms with Gasteiger partial charge in [0, 0.05) is 11.5 Å². The van der Waals surface area contributed by atoms with Gasteiger partial charge in [0.15, 0.2) is 0 Å². The van der Waals surface area contributed by atoms with Crippen LogP contribution in [0.2, 0.25) is 0 Å². The van der Waals surface area contributed by atoms with Crippen LogP contribution in [0.3, 0.4) is 0 Å². The molecule has 0 radical (unpaired) electrons. The van der Waals surface area contributed by atoms with Crippen molar-refractivity contribution < 1.29 is 0 Å². The van der Waals surface area contributed by atoms with Gasteiger partial charge in [-0.2, -0.15) is 0 Å². The van der Waals surface area contributed by atoms with Crippen molar-refractivity contribution in [2.24, 2.45) is 5.73 Å². The van der Waals surface area contributed by atoms with E-state index in [1.165, 1.54) is 115 Å². The summed E-state index contributed by atoms with van der Waals surface area (Å²) >= 11 is 0. The van der Waals surface area contributed by atoms with E-state index in [9.17, 15) is 0 Å². The first-order chi connectivity index (χ1) is 15.7. The molecule has 1 aromatic carbocycles. The molecule has 1 atom stereocenters. The van der Waals surface area contributed by atoms with E-state index in [1.807, 2.05) is 0 Å². The third-order valence-electron chi connectivity index (χ3n) is 7.94. The highest BCUT2D eigenvalue weighted by atomic mass is 35.5. The molecular weight excluding hydrogens is 422 g/mol. The van der Waals surface area contributed by atoms with Gasteiger partial charge in [-0.25, -0.2) is 0 Å². The average Bonchev–Trinajstić information content (AvgIpc) is 2.83. The SMILES string of the molecule is CCCCCCCCCCCCCCCCCCCC(N)C(CC)(CC)c1ccccc1.Cl. The zero-order chi connectivity index (χ0) is 23.3. The Labute approximate surface area is 214 Å². The smallest absolute Gasteiger partial charge is 0.0136 e. The fraction of sp³-hybridized carbons (Fsp3) is 0.806. The van der Waals surface area contributed by atoms with Gasteiger partial charge in [0.1, 0.15) is 0 Å². The quantitative estimate of drug-likeness (QED) is 0.164. The molecule has 0 heterocycles. The van der Waals surface area contributed by atoms with Gasteiger partial charge in [0.25, 0.3) is 0 Å². The van der Waals surface area contributed by atoms with Gasteiger partial charge in [0.05, 0.1) is 0 Å². The first-order valence-electron chi connectivity index (χ1n) is 14.5. The molecule has 0 spiro atoms. The molecule has 0 bridgehead atoms. The summed E-state index contributed by atoms with van der Waals surface area (Å²) in [7, 11) is 0. The van der Waals surface area contributed by atoms with Crippen LogP contribution in [0.25, 0.3) is 0 Å². The highest BCUT2D eigenvalue weighted by Crippen LogP contribution is 2.36. The largest absolute Gasteiger partial charge is 0.327 e. The summed E-state index contributed by atoms with van der Waals surface area (Å²) in [6.45, 7) is 6.92. The van der Waals surface area contributed by atoms with Crippen LogP contribution in [-0.4, -0.2) is 6.04 Å². The van der Waals surface area contributed by atoms with Crippen molar-refractivity contribution in [3.8, 4) is 0 Å². The molecule has 0 aliphatic heterocycles. The lowest BCUT2D eigenvalue weighted by Crippen LogP contribution is -2.44. The molecule has 33 heavy (non-hydrogen) atoms. The third-order valence-corrected chi connectivity index (χ3v) is 7.94. The lowest BCUT2D eigenvalue weighted by Gasteiger charge is -2.38. The van der Waals surface area contributed by atoms with Crippen LogP contribution in [0.15, 0.2) is 30.3 Å². The first-order valence-corrected chi connectivity index (χ1v) is 14.5. The van der Waals surface area contributed by atoms with Crippen LogP contribution in [0.5, 0.6) is 0 Å². The number of hydrogen-bond donors (Lipinski definition) is 1. The second-order valence-corrected chi connectivity index (χ2v) is 10.3. The molecule has 1 nitrogen and oxygen atoms in total. The average molecular weight is 480 g/mol. The van der Waals surface area contributed by atoms with Crippen molar-refractivity contribution in [2.75, 3.05) is 0 Å². The van der Waals surface area contributed by atoms with Crippen LogP contribution in [0, 0.1) is 0 Å². The Balaban J connectivity index is 0.0000102. The highest BCUT2D eigenvalue weighted by molar-refractivity contribution is 5.85. The molecule has 0 amide bonds. The Morgan fingerprint density at radius 1 is 0.576 bits per heavy atom. The Hall–Kier alpha value is -0.530. The first kappa shape index (κ1) is 32.5. The standard InChI is InChI=1S/C31H57N.ClH/c1-4-7-8-9-10-11-12-13-14-15-16-17-18-19-20-21-25-28-30(32)31(5-2,6-3)29-26-23-22-24-27-29;/h22-24,26-27,30H,4-21,25,28,32H2,1-3H3;1H. The molecule has 0 saturated carbocycles. The fourth-order valence-corrected chi connectivity index (χ4v) is 5.53. The van der Waals surface area contributed by atoms with Crippen LogP contribution in [0.4, 0.5) is 0 Å². The lowest BCUT2D eigenvalue weighted by atomic mass is 9.69. The van der Waals surface area contributed by atoms with Crippen molar-refractivity contribution in [2.45, 2.75) is 161 Å². The monoisotopic (exact) mass is 479 g/mol. The van der Waals surface area contributed by atoms with Gasteiger partial charge in [0.2, 0.25) is 0 Å². The van der Waals surface area contributed by atoms with Crippen molar-refractivity contribution in [3.05, 3.63) is 35.9 Å². The van der Waals surface area contributed by atoms with Crippen molar-refractivity contribution in [3.63, 3.8) is 0 Å². The molecule has 0 aromatic heterocycles. The van der Waals surface area contributed by atoms with E-state index in [2.05, 4.69) is 51.1 Å². The second-order valence-electron chi connectivity index (χ2n) is 10.3. The molecule has 2 N–H and O–H groups in total. The summed E-state index contributed by atoms with van der Waals surface area (Å²) in [5, 5.41) is 0. The fourth-order valence-electron chi connectivity index (χ4n) is 5.53. The van der Waals surface area contributed by atoms with Crippen molar-refractivity contribution >= 4 is 12.4 Å². The maximum Gasteiger partial charge on any atom is 0.0136 e. The van der Waals surface area contributed by atoms with E-state index in [0.717, 1.165) is 19.3 Å². The highest BCUT2D eigenvalue weighted by Gasteiger charge is 2.34. The molecule has 2 heteroatoms. The molecule has 1 rings (SSSR count). The van der Waals surface area contributed by atoms with Crippen LogP contribution < -0.4 is 5.73 Å². The second kappa shape index (κ2) is 22.0. The minimum absolute atomic E-state index is 0. The Kier molecular flexibility index (Phi) is 21.6. The Bertz CT molecular complexity index is 511. The van der Waals surface area contributed by atoms with E-state index >= 15 is 0 Å². The van der Waals surface area contributed by atoms with E-state index in [0.29, 0.717) is 0 Å². The van der Waals surface area contributed by atoms with Crippen molar-refractivity contribution in [1.82, 2.24) is 0 Å². The summed E-state index contributed by atoms with van der Waals surface area (Å²) < 4.78 is 0. The summed E-state index contributed by atoms with van der Waals surface area (Å²) in [4.78, 5) is 0. The molecule has 194 valence electrons. The van der Waals surface area contributed by atoms with E-state index in [4.69, 9.17) is 5.73 Å². The number of benzene rings is 1. The molecule has 1 aromatic rings. The zero-order valence-electron chi connectivity index (χ0n) is 22.6. The Morgan fingerprint density at radius 2 is 0.939 bits per heavy atom. The number of rotatable bonds is 22. The number of halogens is 1. The maximum atomic E-state index is 6.77. The number of unbranched alkanes of at least 4 members (excludes halogenated alkanes) is 16. The summed E-state index contributed by atoms with van der Waals surface area (Å²) in [5.74, 6) is 0. The van der Waals surface area contributed by atoms with E-state index < -0.39 is 0 Å². The molecule has 0 saturated heterocycles. The maximum absolute atomic E-state index is 6.77. The normalized spacial score (nSPS) is 12.5. The number of hydrogen-bond acceptors (Lipinski definition) is 1. The minimum Gasteiger partial charge on any atom is -0.327 e. The third kappa shape index (κ3) is 13.8. The number of nitrogens with two attached hydrogens (primary N) is 1. The van der Waals surface area contributed by atoms with Gasteiger partial charge in [-0.1, -0.05) is 160 Å². The lowest BCUT2D eigenvalue weighted by molar-refractivity contribution is 0.297.